The summed E-state index contributed by atoms with van der Waals surface area (Å²) >= 11 is 13.1. The van der Waals surface area contributed by atoms with Crippen molar-refractivity contribution in [1.29, 1.82) is 5.26 Å². The van der Waals surface area contributed by atoms with Gasteiger partial charge >= 0.3 is 0 Å². The summed E-state index contributed by atoms with van der Waals surface area (Å²) in [5.74, 6) is -0.134. The van der Waals surface area contributed by atoms with Gasteiger partial charge in [-0.25, -0.2) is 4.98 Å². The van der Waals surface area contributed by atoms with Gasteiger partial charge in [-0.05, 0) is 48.7 Å². The molecule has 9 nitrogen and oxygen atoms in total. The van der Waals surface area contributed by atoms with Crippen LogP contribution in [-0.4, -0.2) is 36.0 Å². The highest BCUT2D eigenvalue weighted by Crippen LogP contribution is 2.41. The van der Waals surface area contributed by atoms with Crippen LogP contribution in [0.1, 0.15) is 24.0 Å². The third-order valence-corrected chi connectivity index (χ3v) is 7.83. The van der Waals surface area contributed by atoms with Gasteiger partial charge in [0.2, 0.25) is 5.95 Å². The molecule has 13 heteroatoms. The summed E-state index contributed by atoms with van der Waals surface area (Å²) in [5.41, 5.74) is 9.63. The Hall–Kier alpha value is -4.24. The number of rotatable bonds is 8. The predicted octanol–water partition coefficient (Wildman–Crippen LogP) is 4.93. The summed E-state index contributed by atoms with van der Waals surface area (Å²) in [6.07, 6.45) is 7.18. The number of hydrazine groups is 2. The average molecular weight is 589 g/mol. The number of nitriles is 1. The molecule has 0 spiro atoms. The Balaban J connectivity index is 1.47. The summed E-state index contributed by atoms with van der Waals surface area (Å²) in [6, 6.07) is 14.6. The number of nitrogens with one attached hydrogen (secondary N) is 4. The Morgan fingerprint density at radius 3 is 2.71 bits per heavy atom. The molecule has 0 amide bonds. The second-order valence-corrected chi connectivity index (χ2v) is 10.8. The van der Waals surface area contributed by atoms with E-state index in [0.717, 1.165) is 24.1 Å². The van der Waals surface area contributed by atoms with E-state index < -0.39 is 11.4 Å². The van der Waals surface area contributed by atoms with Crippen molar-refractivity contribution in [1.82, 2.24) is 25.9 Å². The van der Waals surface area contributed by atoms with Crippen LogP contribution < -0.4 is 26.3 Å². The monoisotopic (exact) mass is 588 g/mol. The minimum absolute atomic E-state index is 0.308. The molecule has 1 fully saturated rings. The van der Waals surface area contributed by atoms with Crippen LogP contribution in [0.3, 0.4) is 0 Å². The molecule has 2 aliphatic rings. The lowest BCUT2D eigenvalue weighted by molar-refractivity contribution is 0.260. The van der Waals surface area contributed by atoms with E-state index in [4.69, 9.17) is 27.9 Å². The fourth-order valence-electron chi connectivity index (χ4n) is 4.89. The van der Waals surface area contributed by atoms with E-state index in [1.54, 1.807) is 30.3 Å². The molecule has 1 aliphatic heterocycles. The normalized spacial score (nSPS) is 16.0. The highest BCUT2D eigenvalue weighted by Gasteiger charge is 2.38. The molecule has 206 valence electrons. The first-order valence-electron chi connectivity index (χ1n) is 12.8. The van der Waals surface area contributed by atoms with Gasteiger partial charge in [0.25, 0.3) is 0 Å². The largest absolute Gasteiger partial charge is 0.493 e. The Morgan fingerprint density at radius 2 is 2.00 bits per heavy atom. The van der Waals surface area contributed by atoms with Crippen LogP contribution in [0, 0.1) is 17.3 Å². The Morgan fingerprint density at radius 1 is 1.17 bits per heavy atom. The Kier molecular flexibility index (Phi) is 6.99. The van der Waals surface area contributed by atoms with Crippen LogP contribution in [0.2, 0.25) is 10.0 Å². The number of methoxy groups -OCH3 is 1. The second-order valence-electron chi connectivity index (χ2n) is 10.00. The van der Waals surface area contributed by atoms with Crippen LogP contribution >= 0.6 is 23.2 Å². The van der Waals surface area contributed by atoms with Gasteiger partial charge in [0.1, 0.15) is 13.9 Å². The topological polar surface area (TPSA) is 110 Å². The number of pyridine rings is 2. The smallest absolute Gasteiger partial charge is 0.212 e. The maximum Gasteiger partial charge on any atom is 0.212 e. The Labute approximate surface area is 246 Å². The van der Waals surface area contributed by atoms with E-state index >= 15 is 0 Å². The van der Waals surface area contributed by atoms with Gasteiger partial charge in [0.05, 0.1) is 50.7 Å². The van der Waals surface area contributed by atoms with Crippen LogP contribution in [-0.2, 0) is 5.44 Å². The van der Waals surface area contributed by atoms with Gasteiger partial charge in [0, 0.05) is 35.7 Å². The molecule has 1 atom stereocenters. The lowest BCUT2D eigenvalue weighted by atomic mass is 9.70. The minimum atomic E-state index is -0.877. The fourth-order valence-corrected chi connectivity index (χ4v) is 5.41. The lowest BCUT2D eigenvalue weighted by Crippen LogP contribution is -2.45. The van der Waals surface area contributed by atoms with Gasteiger partial charge in [-0.2, -0.15) is 9.65 Å². The summed E-state index contributed by atoms with van der Waals surface area (Å²) in [4.78, 5) is 8.36. The van der Waals surface area contributed by atoms with Crippen LogP contribution in [0.5, 0.6) is 5.75 Å². The van der Waals surface area contributed by atoms with Crippen LogP contribution in [0.4, 0.5) is 21.5 Å². The molecule has 41 heavy (non-hydrogen) atoms. The number of para-hydroxylation sites is 1. The molecule has 1 saturated carbocycles. The van der Waals surface area contributed by atoms with E-state index in [-0.39, 0.29) is 0 Å². The molecule has 0 bridgehead atoms. The zero-order valence-electron chi connectivity index (χ0n) is 22.1. The number of aromatic nitrogens is 2. The lowest BCUT2D eigenvalue weighted by Gasteiger charge is -2.33. The van der Waals surface area contributed by atoms with Gasteiger partial charge in [0.15, 0.2) is 5.75 Å². The minimum Gasteiger partial charge on any atom is -0.493 e. The highest BCUT2D eigenvalue weighted by molar-refractivity contribution is 6.36. The molecule has 3 heterocycles. The van der Waals surface area contributed by atoms with E-state index in [0.29, 0.717) is 55.4 Å². The van der Waals surface area contributed by atoms with Gasteiger partial charge in [-0.3, -0.25) is 9.99 Å². The molecule has 1 aliphatic carbocycles. The van der Waals surface area contributed by atoms with Gasteiger partial charge < -0.3 is 20.8 Å². The number of halogens is 3. The number of nitrogens with zero attached hydrogens (tertiary/aromatic N) is 4. The SMILES string of the molecule is BC(Nc1cc(Cl)c2ncc(C#N)c(Nc3cccc(Cl)c3OC)c2c1)(C1=CN(C2CC2)NN1)c1ccc(F)nc1. The van der Waals surface area contributed by atoms with Crippen molar-refractivity contribution < 1.29 is 9.13 Å². The third-order valence-electron chi connectivity index (χ3n) is 7.24. The fraction of sp³-hybridized carbons (Fsp3) is 0.179. The summed E-state index contributed by atoms with van der Waals surface area (Å²) in [5, 5.41) is 20.3. The summed E-state index contributed by atoms with van der Waals surface area (Å²) < 4.78 is 19.3. The highest BCUT2D eigenvalue weighted by atomic mass is 35.5. The maximum absolute atomic E-state index is 13.8. The molecular weight excluding hydrogens is 565 g/mol. The van der Waals surface area contributed by atoms with Crippen LogP contribution in [0.15, 0.2) is 66.8 Å². The molecule has 4 aromatic rings. The summed E-state index contributed by atoms with van der Waals surface area (Å²) in [6.45, 7) is 0. The maximum atomic E-state index is 13.8. The molecule has 2 aromatic heterocycles. The molecular formula is C28H24BCl2FN8O. The van der Waals surface area contributed by atoms with E-state index in [9.17, 15) is 9.65 Å². The molecule has 0 radical (unpaired) electrons. The molecule has 0 saturated heterocycles. The van der Waals surface area contributed by atoms with Crippen molar-refractivity contribution in [2.24, 2.45) is 0 Å². The quantitative estimate of drug-likeness (QED) is 0.168. The molecule has 2 aromatic carbocycles. The molecule has 6 rings (SSSR count). The van der Waals surface area contributed by atoms with Crippen molar-refractivity contribution >= 4 is 59.0 Å². The molecule has 1 unspecified atom stereocenters. The number of fused-ring (bicyclic) bond motifs is 1. The van der Waals surface area contributed by atoms with E-state index in [1.165, 1.54) is 25.6 Å². The number of hydrogen-bond donors (Lipinski definition) is 4. The predicted molar refractivity (Wildman–Crippen MR) is 160 cm³/mol. The number of anilines is 3. The number of benzene rings is 2. The number of hydrogen-bond acceptors (Lipinski definition) is 9. The first-order chi connectivity index (χ1) is 19.8. The second kappa shape index (κ2) is 10.6. The average Bonchev–Trinajstić information content (AvgIpc) is 3.69. The first-order valence-corrected chi connectivity index (χ1v) is 13.6. The van der Waals surface area contributed by atoms with E-state index in [1.807, 2.05) is 25.1 Å². The zero-order chi connectivity index (χ0) is 28.7. The standard InChI is InChI=1S/C28H24BCl2FN8O/c1-41-27-20(30)3-2-4-22(27)36-25-15(11-33)12-35-26-19(25)9-17(10-21(26)31)37-28(29,16-5-8-24(32)34-13-16)23-14-40(39-38-23)18-6-7-18/h2-5,8-10,12-14,18,37-39H,6-7,29H2,1H3,(H,35,36). The van der Waals surface area contributed by atoms with Crippen LogP contribution in [0.25, 0.3) is 10.9 Å². The molecule has 4 N–H and O–H groups in total. The van der Waals surface area contributed by atoms with Gasteiger partial charge in [-0.1, -0.05) is 35.3 Å². The third kappa shape index (κ3) is 5.06. The van der Waals surface area contributed by atoms with Crippen molar-refractivity contribution in [2.45, 2.75) is 24.3 Å². The van der Waals surface area contributed by atoms with Crippen molar-refractivity contribution in [3.8, 4) is 11.8 Å². The summed E-state index contributed by atoms with van der Waals surface area (Å²) in [7, 11) is 3.49. The first kappa shape index (κ1) is 27.0. The van der Waals surface area contributed by atoms with Gasteiger partial charge in [-0.15, -0.1) is 5.53 Å². The zero-order valence-corrected chi connectivity index (χ0v) is 23.6. The van der Waals surface area contributed by atoms with E-state index in [2.05, 4.69) is 37.6 Å². The number of ether oxygens (including phenoxy) is 1. The van der Waals surface area contributed by atoms with Crippen molar-refractivity contribution in [2.75, 3.05) is 17.7 Å². The van der Waals surface area contributed by atoms with Crippen molar-refractivity contribution in [3.63, 3.8) is 0 Å². The Bertz CT molecular complexity index is 1730. The van der Waals surface area contributed by atoms with Crippen molar-refractivity contribution in [3.05, 3.63) is 93.9 Å².